The second-order valence-electron chi connectivity index (χ2n) is 5.68. The smallest absolute Gasteiger partial charge is 0.239 e. The van der Waals surface area contributed by atoms with E-state index in [1.54, 1.807) is 24.2 Å². The molecule has 0 amide bonds. The Balaban J connectivity index is 1.74. The number of benzene rings is 1. The highest BCUT2D eigenvalue weighted by Crippen LogP contribution is 2.30. The Labute approximate surface area is 145 Å². The lowest BCUT2D eigenvalue weighted by atomic mass is 10.1. The molecule has 0 fully saturated rings. The lowest BCUT2D eigenvalue weighted by Gasteiger charge is -2.13. The van der Waals surface area contributed by atoms with Crippen molar-refractivity contribution in [2.75, 3.05) is 12.4 Å². The van der Waals surface area contributed by atoms with Gasteiger partial charge in [0, 0.05) is 29.7 Å². The topological polar surface area (TPSA) is 64.9 Å². The zero-order valence-corrected chi connectivity index (χ0v) is 14.0. The van der Waals surface area contributed by atoms with Crippen molar-refractivity contribution in [3.8, 4) is 11.7 Å². The normalized spacial score (nSPS) is 10.8. The molecule has 3 heterocycles. The average molecular weight is 331 g/mol. The Morgan fingerprint density at radius 3 is 2.76 bits per heavy atom. The summed E-state index contributed by atoms with van der Waals surface area (Å²) >= 11 is 0. The van der Waals surface area contributed by atoms with Gasteiger partial charge in [0.25, 0.3) is 0 Å². The SMILES string of the molecule is COc1nc(-n2cccn2)ccc1Nc1ccnc2cc(C)ccc12. The summed E-state index contributed by atoms with van der Waals surface area (Å²) in [6.07, 6.45) is 5.35. The highest BCUT2D eigenvalue weighted by Gasteiger charge is 2.10. The highest BCUT2D eigenvalue weighted by atomic mass is 16.5. The van der Waals surface area contributed by atoms with Crippen LogP contribution in [0.3, 0.4) is 0 Å². The van der Waals surface area contributed by atoms with Crippen LogP contribution in [0.1, 0.15) is 5.56 Å². The van der Waals surface area contributed by atoms with Gasteiger partial charge in [0.2, 0.25) is 5.88 Å². The molecule has 6 heteroatoms. The second-order valence-corrected chi connectivity index (χ2v) is 5.68. The van der Waals surface area contributed by atoms with E-state index in [4.69, 9.17) is 4.74 Å². The first-order valence-electron chi connectivity index (χ1n) is 7.92. The molecule has 3 aromatic heterocycles. The number of hydrogen-bond donors (Lipinski definition) is 1. The summed E-state index contributed by atoms with van der Waals surface area (Å²) in [5.74, 6) is 1.20. The predicted octanol–water partition coefficient (Wildman–Crippen LogP) is 3.88. The van der Waals surface area contributed by atoms with Crippen molar-refractivity contribution >= 4 is 22.3 Å². The van der Waals surface area contributed by atoms with Crippen LogP contribution in [0.4, 0.5) is 11.4 Å². The van der Waals surface area contributed by atoms with Gasteiger partial charge in [-0.05, 0) is 42.8 Å². The molecule has 0 spiro atoms. The number of nitrogens with one attached hydrogen (secondary N) is 1. The highest BCUT2D eigenvalue weighted by molar-refractivity contribution is 5.93. The van der Waals surface area contributed by atoms with Crippen LogP contribution in [0, 0.1) is 6.92 Å². The summed E-state index contributed by atoms with van der Waals surface area (Å²) in [5.41, 5.74) is 3.87. The second kappa shape index (κ2) is 6.24. The van der Waals surface area contributed by atoms with Gasteiger partial charge in [-0.1, -0.05) is 12.1 Å². The Bertz CT molecular complexity index is 1030. The maximum atomic E-state index is 5.46. The molecule has 124 valence electrons. The van der Waals surface area contributed by atoms with Gasteiger partial charge in [0.1, 0.15) is 5.69 Å². The van der Waals surface area contributed by atoms with E-state index in [1.807, 2.05) is 30.5 Å². The van der Waals surface area contributed by atoms with Crippen LogP contribution >= 0.6 is 0 Å². The number of ether oxygens (including phenoxy) is 1. The fraction of sp³-hybridized carbons (Fsp3) is 0.105. The van der Waals surface area contributed by atoms with Gasteiger partial charge in [0.05, 0.1) is 12.6 Å². The van der Waals surface area contributed by atoms with Crippen molar-refractivity contribution < 1.29 is 4.74 Å². The van der Waals surface area contributed by atoms with Crippen LogP contribution in [0.5, 0.6) is 5.88 Å². The summed E-state index contributed by atoms with van der Waals surface area (Å²) in [5, 5.41) is 8.64. The maximum Gasteiger partial charge on any atom is 0.239 e. The summed E-state index contributed by atoms with van der Waals surface area (Å²) in [6.45, 7) is 2.06. The summed E-state index contributed by atoms with van der Waals surface area (Å²) in [7, 11) is 1.61. The molecule has 0 aliphatic rings. The first-order valence-corrected chi connectivity index (χ1v) is 7.92. The van der Waals surface area contributed by atoms with Crippen molar-refractivity contribution in [2.45, 2.75) is 6.92 Å². The Morgan fingerprint density at radius 2 is 1.96 bits per heavy atom. The standard InChI is InChI=1S/C19H17N5O/c1-13-4-5-14-15(8-10-20-17(14)12-13)22-16-6-7-18(23-19(16)25-2)24-11-3-9-21-24/h3-12H,1-2H3,(H,20,22). The molecule has 25 heavy (non-hydrogen) atoms. The van der Waals surface area contributed by atoms with Crippen molar-refractivity contribution in [1.82, 2.24) is 19.7 Å². The van der Waals surface area contributed by atoms with Gasteiger partial charge < -0.3 is 10.1 Å². The molecule has 0 radical (unpaired) electrons. The largest absolute Gasteiger partial charge is 0.479 e. The molecule has 4 rings (SSSR count). The Kier molecular flexibility index (Phi) is 3.78. The van der Waals surface area contributed by atoms with E-state index in [1.165, 1.54) is 5.56 Å². The minimum absolute atomic E-state index is 0.505. The van der Waals surface area contributed by atoms with Crippen molar-refractivity contribution in [3.05, 3.63) is 66.6 Å². The van der Waals surface area contributed by atoms with E-state index < -0.39 is 0 Å². The predicted molar refractivity (Wildman–Crippen MR) is 97.7 cm³/mol. The first kappa shape index (κ1) is 15.1. The molecule has 0 saturated heterocycles. The number of aromatic nitrogens is 4. The molecular formula is C19H17N5O. The third-order valence-electron chi connectivity index (χ3n) is 3.95. The molecule has 0 aliphatic heterocycles. The third kappa shape index (κ3) is 2.89. The van der Waals surface area contributed by atoms with E-state index in [0.717, 1.165) is 22.3 Å². The molecule has 1 aromatic carbocycles. The number of methoxy groups -OCH3 is 1. The number of fused-ring (bicyclic) bond motifs is 1. The summed E-state index contributed by atoms with van der Waals surface area (Å²) in [6, 6.07) is 13.8. The molecule has 4 aromatic rings. The fourth-order valence-electron chi connectivity index (χ4n) is 2.73. The minimum Gasteiger partial charge on any atom is -0.479 e. The van der Waals surface area contributed by atoms with Crippen LogP contribution in [-0.4, -0.2) is 26.9 Å². The first-order chi connectivity index (χ1) is 12.2. The van der Waals surface area contributed by atoms with Gasteiger partial charge in [-0.25, -0.2) is 4.68 Å². The van der Waals surface area contributed by atoms with Crippen LogP contribution in [0.2, 0.25) is 0 Å². The van der Waals surface area contributed by atoms with Crippen LogP contribution in [-0.2, 0) is 0 Å². The Morgan fingerprint density at radius 1 is 1.04 bits per heavy atom. The lowest BCUT2D eigenvalue weighted by Crippen LogP contribution is -2.03. The summed E-state index contributed by atoms with van der Waals surface area (Å²) < 4.78 is 7.15. The van der Waals surface area contributed by atoms with Gasteiger partial charge in [-0.15, -0.1) is 0 Å². The van der Waals surface area contributed by atoms with Gasteiger partial charge in [0.15, 0.2) is 5.82 Å². The number of aryl methyl sites for hydroxylation is 1. The molecule has 0 unspecified atom stereocenters. The molecule has 0 aliphatic carbocycles. The number of anilines is 2. The lowest BCUT2D eigenvalue weighted by molar-refractivity contribution is 0.399. The number of hydrogen-bond acceptors (Lipinski definition) is 5. The van der Waals surface area contributed by atoms with Crippen molar-refractivity contribution in [1.29, 1.82) is 0 Å². The molecular weight excluding hydrogens is 314 g/mol. The monoisotopic (exact) mass is 331 g/mol. The molecule has 1 N–H and O–H groups in total. The number of rotatable bonds is 4. The van der Waals surface area contributed by atoms with E-state index in [0.29, 0.717) is 11.7 Å². The van der Waals surface area contributed by atoms with E-state index >= 15 is 0 Å². The molecule has 6 nitrogen and oxygen atoms in total. The maximum absolute atomic E-state index is 5.46. The van der Waals surface area contributed by atoms with Gasteiger partial charge in [-0.3, -0.25) is 4.98 Å². The zero-order chi connectivity index (χ0) is 17.2. The van der Waals surface area contributed by atoms with Crippen LogP contribution in [0.15, 0.2) is 61.1 Å². The van der Waals surface area contributed by atoms with E-state index in [-0.39, 0.29) is 0 Å². The van der Waals surface area contributed by atoms with E-state index in [2.05, 4.69) is 45.5 Å². The number of nitrogens with zero attached hydrogens (tertiary/aromatic N) is 4. The van der Waals surface area contributed by atoms with Crippen molar-refractivity contribution in [3.63, 3.8) is 0 Å². The molecule has 0 saturated carbocycles. The molecule has 0 atom stereocenters. The van der Waals surface area contributed by atoms with Crippen LogP contribution < -0.4 is 10.1 Å². The summed E-state index contributed by atoms with van der Waals surface area (Å²) in [4.78, 5) is 8.96. The van der Waals surface area contributed by atoms with Gasteiger partial charge >= 0.3 is 0 Å². The van der Waals surface area contributed by atoms with Crippen molar-refractivity contribution in [2.24, 2.45) is 0 Å². The fourth-order valence-corrected chi connectivity index (χ4v) is 2.73. The third-order valence-corrected chi connectivity index (χ3v) is 3.95. The Hall–Kier alpha value is -3.41. The average Bonchev–Trinajstić information content (AvgIpc) is 3.16. The zero-order valence-electron chi connectivity index (χ0n) is 14.0. The molecule has 0 bridgehead atoms. The number of pyridine rings is 2. The minimum atomic E-state index is 0.505. The van der Waals surface area contributed by atoms with E-state index in [9.17, 15) is 0 Å². The van der Waals surface area contributed by atoms with Gasteiger partial charge in [-0.2, -0.15) is 10.1 Å². The quantitative estimate of drug-likeness (QED) is 0.615. The van der Waals surface area contributed by atoms with Crippen LogP contribution in [0.25, 0.3) is 16.7 Å².